The molecule has 2 amide bonds. The number of nitrogens with zero attached hydrogens (tertiary/aromatic N) is 2. The second-order valence-corrected chi connectivity index (χ2v) is 8.15. The van der Waals surface area contributed by atoms with Crippen LogP contribution < -0.4 is 20.5 Å². The highest BCUT2D eigenvalue weighted by Gasteiger charge is 2.18. The van der Waals surface area contributed by atoms with Gasteiger partial charge in [-0.2, -0.15) is 5.10 Å². The lowest BCUT2D eigenvalue weighted by Gasteiger charge is -2.14. The molecule has 0 saturated heterocycles. The maximum Gasteiger partial charge on any atom is 0.259 e. The molecule has 3 rings (SSSR count). The van der Waals surface area contributed by atoms with E-state index in [0.717, 1.165) is 6.07 Å². The van der Waals surface area contributed by atoms with Gasteiger partial charge in [0.05, 0.1) is 17.6 Å². The Balaban J connectivity index is 1.78. The SMILES string of the molecule is COc1ccc(S(N)(=O)=O)cc1C(=O)Nc1cccc(NC(=O)C(C)n2cccn2)c1. The van der Waals surface area contributed by atoms with Crippen LogP contribution in [0.1, 0.15) is 23.3 Å². The third kappa shape index (κ3) is 5.27. The number of nitrogens with two attached hydrogens (primary N) is 1. The van der Waals surface area contributed by atoms with Crippen LogP contribution in [-0.4, -0.2) is 37.1 Å². The monoisotopic (exact) mass is 443 g/mol. The number of primary sulfonamides is 1. The van der Waals surface area contributed by atoms with Gasteiger partial charge < -0.3 is 15.4 Å². The zero-order valence-corrected chi connectivity index (χ0v) is 17.6. The zero-order valence-electron chi connectivity index (χ0n) is 16.8. The number of hydrogen-bond acceptors (Lipinski definition) is 6. The van der Waals surface area contributed by atoms with Gasteiger partial charge in [-0.1, -0.05) is 6.07 Å². The van der Waals surface area contributed by atoms with Crippen molar-refractivity contribution in [3.8, 4) is 5.75 Å². The van der Waals surface area contributed by atoms with Crippen molar-refractivity contribution < 1.29 is 22.7 Å². The first-order valence-corrected chi connectivity index (χ1v) is 10.7. The first-order valence-electron chi connectivity index (χ1n) is 9.11. The molecule has 0 fully saturated rings. The normalized spacial score (nSPS) is 12.1. The van der Waals surface area contributed by atoms with E-state index in [1.54, 1.807) is 49.6 Å². The Morgan fingerprint density at radius 2 is 1.81 bits per heavy atom. The number of carbonyl (C=O) groups is 2. The minimum absolute atomic E-state index is 0.00392. The summed E-state index contributed by atoms with van der Waals surface area (Å²) in [6, 6.07) is 11.5. The average Bonchev–Trinajstić information content (AvgIpc) is 3.27. The van der Waals surface area contributed by atoms with Crippen molar-refractivity contribution in [1.82, 2.24) is 9.78 Å². The van der Waals surface area contributed by atoms with Crippen LogP contribution in [0.3, 0.4) is 0 Å². The van der Waals surface area contributed by atoms with Crippen LogP contribution >= 0.6 is 0 Å². The number of sulfonamides is 1. The lowest BCUT2D eigenvalue weighted by molar-refractivity contribution is -0.119. The van der Waals surface area contributed by atoms with Crippen LogP contribution in [0.25, 0.3) is 0 Å². The summed E-state index contributed by atoms with van der Waals surface area (Å²) in [5, 5.41) is 14.6. The lowest BCUT2D eigenvalue weighted by Crippen LogP contribution is -2.24. The summed E-state index contributed by atoms with van der Waals surface area (Å²) in [6.07, 6.45) is 3.27. The number of amides is 2. The topological polar surface area (TPSA) is 145 Å². The predicted molar refractivity (Wildman–Crippen MR) is 114 cm³/mol. The molecule has 0 aliphatic heterocycles. The average molecular weight is 443 g/mol. The molecule has 0 aliphatic carbocycles. The molecule has 31 heavy (non-hydrogen) atoms. The predicted octanol–water partition coefficient (Wildman–Crippen LogP) is 1.99. The van der Waals surface area contributed by atoms with Crippen LogP contribution in [0, 0.1) is 0 Å². The number of methoxy groups -OCH3 is 1. The van der Waals surface area contributed by atoms with Crippen LogP contribution in [0.4, 0.5) is 11.4 Å². The first-order chi connectivity index (χ1) is 14.7. The highest BCUT2D eigenvalue weighted by molar-refractivity contribution is 7.89. The van der Waals surface area contributed by atoms with Gasteiger partial charge in [0, 0.05) is 23.8 Å². The van der Waals surface area contributed by atoms with Crippen molar-refractivity contribution in [3.05, 3.63) is 66.5 Å². The molecule has 4 N–H and O–H groups in total. The molecule has 0 aliphatic rings. The number of aromatic nitrogens is 2. The Hall–Kier alpha value is -3.70. The van der Waals surface area contributed by atoms with Gasteiger partial charge >= 0.3 is 0 Å². The quantitative estimate of drug-likeness (QED) is 0.509. The summed E-state index contributed by atoms with van der Waals surface area (Å²) in [4.78, 5) is 25.0. The molecule has 0 spiro atoms. The fourth-order valence-electron chi connectivity index (χ4n) is 2.79. The fraction of sp³-hybridized carbons (Fsp3) is 0.150. The van der Waals surface area contributed by atoms with Crippen molar-refractivity contribution in [1.29, 1.82) is 0 Å². The number of ether oxygens (including phenoxy) is 1. The molecule has 1 heterocycles. The van der Waals surface area contributed by atoms with E-state index in [1.165, 1.54) is 23.9 Å². The van der Waals surface area contributed by atoms with Crippen LogP contribution in [-0.2, 0) is 14.8 Å². The van der Waals surface area contributed by atoms with Gasteiger partial charge in [0.2, 0.25) is 15.9 Å². The summed E-state index contributed by atoms with van der Waals surface area (Å²) in [6.45, 7) is 1.71. The third-order valence-electron chi connectivity index (χ3n) is 4.43. The Labute approximate surface area is 179 Å². The van der Waals surface area contributed by atoms with E-state index in [0.29, 0.717) is 11.4 Å². The third-order valence-corrected chi connectivity index (χ3v) is 5.34. The van der Waals surface area contributed by atoms with E-state index in [-0.39, 0.29) is 22.1 Å². The maximum atomic E-state index is 12.7. The minimum Gasteiger partial charge on any atom is -0.496 e. The smallest absolute Gasteiger partial charge is 0.259 e. The summed E-state index contributed by atoms with van der Waals surface area (Å²) in [5.41, 5.74) is 0.848. The van der Waals surface area contributed by atoms with E-state index in [4.69, 9.17) is 9.88 Å². The van der Waals surface area contributed by atoms with E-state index in [1.807, 2.05) is 0 Å². The Bertz CT molecular complexity index is 1210. The van der Waals surface area contributed by atoms with Crippen molar-refractivity contribution >= 4 is 33.2 Å². The Morgan fingerprint density at radius 3 is 2.42 bits per heavy atom. The zero-order chi connectivity index (χ0) is 22.6. The van der Waals surface area contributed by atoms with E-state index in [9.17, 15) is 18.0 Å². The second kappa shape index (κ2) is 8.98. The molecule has 2 aromatic carbocycles. The van der Waals surface area contributed by atoms with Crippen LogP contribution in [0.2, 0.25) is 0 Å². The van der Waals surface area contributed by atoms with Gasteiger partial charge in [-0.25, -0.2) is 13.6 Å². The molecule has 10 nitrogen and oxygen atoms in total. The van der Waals surface area contributed by atoms with Gasteiger partial charge in [-0.3, -0.25) is 14.3 Å². The summed E-state index contributed by atoms with van der Waals surface area (Å²) < 4.78 is 29.9. The molecule has 11 heteroatoms. The second-order valence-electron chi connectivity index (χ2n) is 6.59. The van der Waals surface area contributed by atoms with Gasteiger partial charge in [0.1, 0.15) is 11.8 Å². The number of hydrogen-bond donors (Lipinski definition) is 3. The summed E-state index contributed by atoms with van der Waals surface area (Å²) >= 11 is 0. The highest BCUT2D eigenvalue weighted by Crippen LogP contribution is 2.24. The van der Waals surface area contributed by atoms with E-state index >= 15 is 0 Å². The van der Waals surface area contributed by atoms with Crippen LogP contribution in [0.5, 0.6) is 5.75 Å². The number of nitrogens with one attached hydrogen (secondary N) is 2. The maximum absolute atomic E-state index is 12.7. The molecule has 1 aromatic heterocycles. The van der Waals surface area contributed by atoms with Crippen molar-refractivity contribution in [3.63, 3.8) is 0 Å². The number of rotatable bonds is 7. The number of anilines is 2. The van der Waals surface area contributed by atoms with E-state index < -0.39 is 22.0 Å². The summed E-state index contributed by atoms with van der Waals surface area (Å²) in [7, 11) is -2.63. The molecule has 1 atom stereocenters. The molecule has 0 radical (unpaired) electrons. The Kier molecular flexibility index (Phi) is 6.37. The lowest BCUT2D eigenvalue weighted by atomic mass is 10.1. The molecule has 0 bridgehead atoms. The number of benzene rings is 2. The first kappa shape index (κ1) is 22.0. The van der Waals surface area contributed by atoms with Crippen molar-refractivity contribution in [2.75, 3.05) is 17.7 Å². The van der Waals surface area contributed by atoms with Crippen LogP contribution in [0.15, 0.2) is 65.8 Å². The molecule has 0 saturated carbocycles. The molecule has 162 valence electrons. The minimum atomic E-state index is -3.99. The Morgan fingerprint density at radius 1 is 1.10 bits per heavy atom. The van der Waals surface area contributed by atoms with Crippen molar-refractivity contribution in [2.24, 2.45) is 5.14 Å². The molecule has 3 aromatic rings. The van der Waals surface area contributed by atoms with Gasteiger partial charge in [-0.15, -0.1) is 0 Å². The highest BCUT2D eigenvalue weighted by atomic mass is 32.2. The van der Waals surface area contributed by atoms with Gasteiger partial charge in [0.15, 0.2) is 0 Å². The standard InChI is InChI=1S/C20H21N5O5S/c1-13(25-10-4-9-22-25)19(26)23-14-5-3-6-15(11-14)24-20(27)17-12-16(31(21,28)29)7-8-18(17)30-2/h3-13H,1-2H3,(H,23,26)(H,24,27)(H2,21,28,29). The van der Waals surface area contributed by atoms with Crippen molar-refractivity contribution in [2.45, 2.75) is 17.9 Å². The number of carbonyl (C=O) groups excluding carboxylic acids is 2. The van der Waals surface area contributed by atoms with Gasteiger partial charge in [-0.05, 0) is 49.4 Å². The van der Waals surface area contributed by atoms with E-state index in [2.05, 4.69) is 15.7 Å². The van der Waals surface area contributed by atoms with Gasteiger partial charge in [0.25, 0.3) is 5.91 Å². The molecular weight excluding hydrogens is 422 g/mol. The fourth-order valence-corrected chi connectivity index (χ4v) is 3.33. The molecule has 1 unspecified atom stereocenters. The molecular formula is C20H21N5O5S. The summed E-state index contributed by atoms with van der Waals surface area (Å²) in [5.74, 6) is -0.701. The largest absolute Gasteiger partial charge is 0.496 e.